The highest BCUT2D eigenvalue weighted by Crippen LogP contribution is 2.30. The van der Waals surface area contributed by atoms with E-state index in [0.717, 1.165) is 10.9 Å². The molecule has 0 aliphatic heterocycles. The van der Waals surface area contributed by atoms with Crippen molar-refractivity contribution in [1.29, 1.82) is 0 Å². The molecule has 27 heavy (non-hydrogen) atoms. The SMILES string of the molecule is CCOCc1nc2c(O)nc3ccccc3c2n1CCNC(=O)C(C)(C)O. The Balaban J connectivity index is 2.03. The van der Waals surface area contributed by atoms with E-state index in [2.05, 4.69) is 15.3 Å². The van der Waals surface area contributed by atoms with E-state index in [1.54, 1.807) is 0 Å². The van der Waals surface area contributed by atoms with Crippen LogP contribution in [0.4, 0.5) is 0 Å². The normalized spacial score (nSPS) is 12.0. The second kappa shape index (κ2) is 7.50. The Morgan fingerprint density at radius 2 is 2.04 bits per heavy atom. The zero-order valence-electron chi connectivity index (χ0n) is 15.7. The summed E-state index contributed by atoms with van der Waals surface area (Å²) in [4.78, 5) is 20.6. The molecular formula is C19H24N4O4. The molecule has 1 aromatic carbocycles. The number of rotatable bonds is 7. The second-order valence-electron chi connectivity index (χ2n) is 6.78. The van der Waals surface area contributed by atoms with Gasteiger partial charge in [-0.2, -0.15) is 0 Å². The fourth-order valence-corrected chi connectivity index (χ4v) is 2.91. The molecule has 2 aromatic heterocycles. The molecule has 3 rings (SSSR count). The van der Waals surface area contributed by atoms with Crippen molar-refractivity contribution in [3.63, 3.8) is 0 Å². The first-order valence-corrected chi connectivity index (χ1v) is 8.88. The number of amides is 1. The van der Waals surface area contributed by atoms with Gasteiger partial charge in [0.15, 0.2) is 5.52 Å². The number of fused-ring (bicyclic) bond motifs is 3. The van der Waals surface area contributed by atoms with Crippen molar-refractivity contribution >= 4 is 27.8 Å². The van der Waals surface area contributed by atoms with E-state index in [1.165, 1.54) is 13.8 Å². The number of para-hydroxylation sites is 1. The lowest BCUT2D eigenvalue weighted by atomic mass is 10.1. The van der Waals surface area contributed by atoms with Crippen LogP contribution in [-0.4, -0.2) is 49.4 Å². The number of carbonyl (C=O) groups is 1. The summed E-state index contributed by atoms with van der Waals surface area (Å²) in [6.07, 6.45) is 0. The topological polar surface area (TPSA) is 110 Å². The van der Waals surface area contributed by atoms with Gasteiger partial charge in [0.1, 0.15) is 18.0 Å². The largest absolute Gasteiger partial charge is 0.492 e. The predicted octanol–water partition coefficient (Wildman–Crippen LogP) is 1.71. The Hall–Kier alpha value is -2.71. The standard InChI is InChI=1S/C19H24N4O4/c1-4-27-11-14-22-15-16(12-7-5-6-8-13(12)21-17(15)24)23(14)10-9-20-18(25)19(2,3)26/h5-8,26H,4,9-11H2,1-3H3,(H,20,25)(H,21,24). The lowest BCUT2D eigenvalue weighted by molar-refractivity contribution is -0.136. The van der Waals surface area contributed by atoms with E-state index < -0.39 is 11.5 Å². The van der Waals surface area contributed by atoms with Crippen molar-refractivity contribution in [2.75, 3.05) is 13.2 Å². The predicted molar refractivity (Wildman–Crippen MR) is 101 cm³/mol. The minimum absolute atomic E-state index is 0.138. The van der Waals surface area contributed by atoms with Crippen LogP contribution in [0.1, 0.15) is 26.6 Å². The number of imidazole rings is 1. The molecule has 0 saturated carbocycles. The Labute approximate surface area is 156 Å². The Bertz CT molecular complexity index is 975. The molecule has 0 radical (unpaired) electrons. The number of aliphatic hydroxyl groups is 1. The molecule has 0 atom stereocenters. The molecule has 0 aliphatic rings. The number of aromatic nitrogens is 3. The molecule has 0 aliphatic carbocycles. The van der Waals surface area contributed by atoms with Crippen LogP contribution >= 0.6 is 0 Å². The zero-order chi connectivity index (χ0) is 19.6. The molecule has 1 amide bonds. The highest BCUT2D eigenvalue weighted by molar-refractivity contribution is 6.04. The van der Waals surface area contributed by atoms with Gasteiger partial charge in [-0.25, -0.2) is 9.97 Å². The first-order valence-electron chi connectivity index (χ1n) is 8.88. The number of hydrogen-bond acceptors (Lipinski definition) is 6. The van der Waals surface area contributed by atoms with Gasteiger partial charge < -0.3 is 24.8 Å². The monoisotopic (exact) mass is 372 g/mol. The van der Waals surface area contributed by atoms with Gasteiger partial charge in [-0.3, -0.25) is 4.79 Å². The number of benzene rings is 1. The van der Waals surface area contributed by atoms with Crippen molar-refractivity contribution in [1.82, 2.24) is 19.9 Å². The zero-order valence-corrected chi connectivity index (χ0v) is 15.7. The van der Waals surface area contributed by atoms with Crippen LogP contribution in [0.5, 0.6) is 5.88 Å². The third-order valence-electron chi connectivity index (χ3n) is 4.26. The maximum Gasteiger partial charge on any atom is 0.251 e. The molecule has 0 unspecified atom stereocenters. The Kier molecular flexibility index (Phi) is 5.29. The molecule has 0 saturated heterocycles. The summed E-state index contributed by atoms with van der Waals surface area (Å²) in [6, 6.07) is 7.49. The molecule has 0 fully saturated rings. The first-order chi connectivity index (χ1) is 12.8. The number of aromatic hydroxyl groups is 1. The molecular weight excluding hydrogens is 348 g/mol. The van der Waals surface area contributed by atoms with E-state index in [-0.39, 0.29) is 12.5 Å². The maximum atomic E-state index is 11.9. The van der Waals surface area contributed by atoms with Crippen LogP contribution < -0.4 is 5.32 Å². The summed E-state index contributed by atoms with van der Waals surface area (Å²) in [5.41, 5.74) is 0.356. The van der Waals surface area contributed by atoms with Crippen molar-refractivity contribution in [2.45, 2.75) is 39.5 Å². The molecule has 2 heterocycles. The molecule has 3 N–H and O–H groups in total. The average molecular weight is 372 g/mol. The third-order valence-corrected chi connectivity index (χ3v) is 4.26. The molecule has 0 spiro atoms. The summed E-state index contributed by atoms with van der Waals surface area (Å²) >= 11 is 0. The highest BCUT2D eigenvalue weighted by Gasteiger charge is 2.23. The smallest absolute Gasteiger partial charge is 0.251 e. The van der Waals surface area contributed by atoms with Crippen LogP contribution in [-0.2, 0) is 22.7 Å². The van der Waals surface area contributed by atoms with Gasteiger partial charge in [-0.15, -0.1) is 0 Å². The molecule has 8 nitrogen and oxygen atoms in total. The van der Waals surface area contributed by atoms with Crippen LogP contribution in [0.3, 0.4) is 0 Å². The number of ether oxygens (including phenoxy) is 1. The lowest BCUT2D eigenvalue weighted by Gasteiger charge is -2.17. The quantitative estimate of drug-likeness (QED) is 0.582. The van der Waals surface area contributed by atoms with Crippen molar-refractivity contribution in [3.05, 3.63) is 30.1 Å². The molecule has 3 aromatic rings. The molecule has 8 heteroatoms. The van der Waals surface area contributed by atoms with E-state index in [0.29, 0.717) is 36.6 Å². The number of hydrogen-bond donors (Lipinski definition) is 3. The van der Waals surface area contributed by atoms with Crippen LogP contribution in [0.15, 0.2) is 24.3 Å². The maximum absolute atomic E-state index is 11.9. The third kappa shape index (κ3) is 3.86. The summed E-state index contributed by atoms with van der Waals surface area (Å²) in [5, 5.41) is 23.7. The number of pyridine rings is 1. The number of carbonyl (C=O) groups excluding carboxylic acids is 1. The van der Waals surface area contributed by atoms with Crippen molar-refractivity contribution in [2.24, 2.45) is 0 Å². The van der Waals surface area contributed by atoms with Crippen molar-refractivity contribution < 1.29 is 19.7 Å². The van der Waals surface area contributed by atoms with Gasteiger partial charge in [0.05, 0.1) is 11.0 Å². The van der Waals surface area contributed by atoms with Crippen LogP contribution in [0, 0.1) is 0 Å². The van der Waals surface area contributed by atoms with Gasteiger partial charge in [-0.05, 0) is 26.8 Å². The summed E-state index contributed by atoms with van der Waals surface area (Å²) in [5.74, 6) is 0.0474. The second-order valence-corrected chi connectivity index (χ2v) is 6.78. The summed E-state index contributed by atoms with van der Waals surface area (Å²) in [7, 11) is 0. The van der Waals surface area contributed by atoms with Gasteiger partial charge in [0.2, 0.25) is 5.88 Å². The van der Waals surface area contributed by atoms with Gasteiger partial charge >= 0.3 is 0 Å². The minimum atomic E-state index is -1.44. The molecule has 0 bridgehead atoms. The number of nitrogens with one attached hydrogen (secondary N) is 1. The van der Waals surface area contributed by atoms with E-state index in [9.17, 15) is 15.0 Å². The van der Waals surface area contributed by atoms with Gasteiger partial charge in [-0.1, -0.05) is 18.2 Å². The fraction of sp³-hybridized carbons (Fsp3) is 0.421. The van der Waals surface area contributed by atoms with Crippen molar-refractivity contribution in [3.8, 4) is 5.88 Å². The van der Waals surface area contributed by atoms with Gasteiger partial charge in [0.25, 0.3) is 5.91 Å². The summed E-state index contributed by atoms with van der Waals surface area (Å²) < 4.78 is 7.43. The van der Waals surface area contributed by atoms with E-state index in [4.69, 9.17) is 4.74 Å². The minimum Gasteiger partial charge on any atom is -0.492 e. The first kappa shape index (κ1) is 19.1. The van der Waals surface area contributed by atoms with E-state index >= 15 is 0 Å². The van der Waals surface area contributed by atoms with Crippen LogP contribution in [0.2, 0.25) is 0 Å². The molecule has 144 valence electrons. The Morgan fingerprint density at radius 1 is 1.30 bits per heavy atom. The average Bonchev–Trinajstić information content (AvgIpc) is 2.98. The van der Waals surface area contributed by atoms with E-state index in [1.807, 2.05) is 35.8 Å². The van der Waals surface area contributed by atoms with Crippen LogP contribution in [0.25, 0.3) is 21.9 Å². The van der Waals surface area contributed by atoms with Gasteiger partial charge in [0, 0.05) is 25.1 Å². The Morgan fingerprint density at radius 3 is 2.74 bits per heavy atom. The number of nitrogens with zero attached hydrogens (tertiary/aromatic N) is 3. The highest BCUT2D eigenvalue weighted by atomic mass is 16.5. The lowest BCUT2D eigenvalue weighted by Crippen LogP contribution is -2.43. The summed E-state index contributed by atoms with van der Waals surface area (Å²) in [6.45, 7) is 6.28. The fourth-order valence-electron chi connectivity index (χ4n) is 2.91.